The molecular weight excluding hydrogens is 817 g/mol. The molecular formula is C60H102O6. The van der Waals surface area contributed by atoms with Gasteiger partial charge in [-0.05, 0) is 109 Å². The summed E-state index contributed by atoms with van der Waals surface area (Å²) in [5.74, 6) is -0.912. The van der Waals surface area contributed by atoms with E-state index in [0.717, 1.165) is 116 Å². The van der Waals surface area contributed by atoms with Gasteiger partial charge in [0.15, 0.2) is 6.10 Å². The molecule has 1 atom stereocenters. The van der Waals surface area contributed by atoms with E-state index in [4.69, 9.17) is 14.2 Å². The molecule has 0 aliphatic carbocycles. The van der Waals surface area contributed by atoms with Crippen molar-refractivity contribution in [2.45, 2.75) is 264 Å². The summed E-state index contributed by atoms with van der Waals surface area (Å²) in [5.41, 5.74) is 0. The quantitative estimate of drug-likeness (QED) is 0.0262. The van der Waals surface area contributed by atoms with Crippen LogP contribution in [-0.2, 0) is 28.6 Å². The first-order valence-corrected chi connectivity index (χ1v) is 27.6. The summed E-state index contributed by atoms with van der Waals surface area (Å²) >= 11 is 0. The molecule has 0 aliphatic heterocycles. The van der Waals surface area contributed by atoms with E-state index in [2.05, 4.69) is 106 Å². The van der Waals surface area contributed by atoms with Crippen LogP contribution in [0.15, 0.2) is 85.1 Å². The van der Waals surface area contributed by atoms with Crippen LogP contribution in [0.5, 0.6) is 0 Å². The van der Waals surface area contributed by atoms with Gasteiger partial charge in [-0.2, -0.15) is 0 Å². The lowest BCUT2D eigenvalue weighted by molar-refractivity contribution is -0.167. The van der Waals surface area contributed by atoms with Crippen molar-refractivity contribution in [1.29, 1.82) is 0 Å². The van der Waals surface area contributed by atoms with Gasteiger partial charge >= 0.3 is 17.9 Å². The fourth-order valence-corrected chi connectivity index (χ4v) is 7.52. The molecule has 66 heavy (non-hydrogen) atoms. The van der Waals surface area contributed by atoms with Gasteiger partial charge < -0.3 is 14.2 Å². The second-order valence-corrected chi connectivity index (χ2v) is 18.1. The molecule has 0 rings (SSSR count). The third kappa shape index (κ3) is 51.6. The molecule has 6 heteroatoms. The Morgan fingerprint density at radius 1 is 0.318 bits per heavy atom. The molecule has 0 aliphatic rings. The molecule has 0 amide bonds. The van der Waals surface area contributed by atoms with Crippen LogP contribution in [0.1, 0.15) is 258 Å². The number of rotatable bonds is 49. The van der Waals surface area contributed by atoms with Gasteiger partial charge in [-0.1, -0.05) is 215 Å². The van der Waals surface area contributed by atoms with Gasteiger partial charge in [-0.25, -0.2) is 0 Å². The molecule has 0 radical (unpaired) electrons. The van der Waals surface area contributed by atoms with Crippen LogP contribution in [0.3, 0.4) is 0 Å². The first kappa shape index (κ1) is 62.6. The zero-order chi connectivity index (χ0) is 47.9. The molecule has 0 heterocycles. The fourth-order valence-electron chi connectivity index (χ4n) is 7.52. The highest BCUT2D eigenvalue weighted by Gasteiger charge is 2.19. The molecule has 6 nitrogen and oxygen atoms in total. The molecule has 0 N–H and O–H groups in total. The standard InChI is InChI=1S/C60H102O6/c1-4-7-10-13-16-19-22-25-28-30-32-35-38-41-44-47-50-53-59(62)65-56-57(55-64-58(61)52-49-46-43-40-37-34-27-24-21-18-15-12-9-6-3)66-60(63)54-51-48-45-42-39-36-33-31-29-26-23-20-17-14-11-8-5-2/h7-8,10-11,16-17,19-20,24-29,57H,4-6,9,12-15,18,21-23,30-56H2,1-3H3/b10-7-,11-8-,19-16-,20-17-,27-24-,28-25-,29-26-. The van der Waals surface area contributed by atoms with Crippen molar-refractivity contribution in [2.24, 2.45) is 0 Å². The first-order chi connectivity index (χ1) is 32.5. The number of carbonyl (C=O) groups is 3. The Morgan fingerprint density at radius 3 is 0.939 bits per heavy atom. The van der Waals surface area contributed by atoms with E-state index < -0.39 is 6.10 Å². The number of esters is 3. The van der Waals surface area contributed by atoms with Gasteiger partial charge in [0.1, 0.15) is 13.2 Å². The molecule has 1 unspecified atom stereocenters. The van der Waals surface area contributed by atoms with Crippen molar-refractivity contribution in [3.63, 3.8) is 0 Å². The summed E-state index contributed by atoms with van der Waals surface area (Å²) in [6.07, 6.45) is 69.9. The minimum atomic E-state index is -0.790. The van der Waals surface area contributed by atoms with Crippen LogP contribution in [0, 0.1) is 0 Å². The van der Waals surface area contributed by atoms with E-state index >= 15 is 0 Å². The van der Waals surface area contributed by atoms with Crippen molar-refractivity contribution in [3.05, 3.63) is 85.1 Å². The second kappa shape index (κ2) is 54.2. The average Bonchev–Trinajstić information content (AvgIpc) is 3.31. The maximum atomic E-state index is 12.8. The topological polar surface area (TPSA) is 78.9 Å². The molecule has 0 aromatic heterocycles. The average molecular weight is 919 g/mol. The summed E-state index contributed by atoms with van der Waals surface area (Å²) in [6, 6.07) is 0. The minimum Gasteiger partial charge on any atom is -0.462 e. The van der Waals surface area contributed by atoms with Gasteiger partial charge in [0.25, 0.3) is 0 Å². The van der Waals surface area contributed by atoms with E-state index in [-0.39, 0.29) is 31.1 Å². The summed E-state index contributed by atoms with van der Waals surface area (Å²) in [7, 11) is 0. The predicted molar refractivity (Wildman–Crippen MR) is 284 cm³/mol. The van der Waals surface area contributed by atoms with Crippen molar-refractivity contribution in [3.8, 4) is 0 Å². The SMILES string of the molecule is CC/C=C\C/C=C\C/C=C\CCCCCCCCCC(=O)OCC(COC(=O)CCCCCCC/C=C\CCCCCCC)OC(=O)CCCCCCCCC/C=C\C/C=C\C/C=C\CC. The Hall–Kier alpha value is -3.41. The second-order valence-electron chi connectivity index (χ2n) is 18.1. The summed E-state index contributed by atoms with van der Waals surface area (Å²) in [4.78, 5) is 38.1. The highest BCUT2D eigenvalue weighted by molar-refractivity contribution is 5.71. The van der Waals surface area contributed by atoms with Crippen LogP contribution in [0.2, 0.25) is 0 Å². The minimum absolute atomic E-state index is 0.0882. The fraction of sp³-hybridized carbons (Fsp3) is 0.717. The van der Waals surface area contributed by atoms with E-state index in [9.17, 15) is 14.4 Å². The number of hydrogen-bond acceptors (Lipinski definition) is 6. The molecule has 0 saturated carbocycles. The van der Waals surface area contributed by atoms with E-state index in [1.54, 1.807) is 0 Å². The predicted octanol–water partition coefficient (Wildman–Crippen LogP) is 18.4. The lowest BCUT2D eigenvalue weighted by Crippen LogP contribution is -2.30. The molecule has 0 fully saturated rings. The van der Waals surface area contributed by atoms with E-state index in [1.807, 2.05) is 0 Å². The molecule has 0 spiro atoms. The van der Waals surface area contributed by atoms with Crippen LogP contribution in [0.25, 0.3) is 0 Å². The third-order valence-electron chi connectivity index (χ3n) is 11.6. The number of hydrogen-bond donors (Lipinski definition) is 0. The van der Waals surface area contributed by atoms with Crippen LogP contribution in [0.4, 0.5) is 0 Å². The van der Waals surface area contributed by atoms with Crippen LogP contribution in [-0.4, -0.2) is 37.2 Å². The number of carbonyl (C=O) groups excluding carboxylic acids is 3. The number of ether oxygens (including phenoxy) is 3. The lowest BCUT2D eigenvalue weighted by atomic mass is 10.1. The van der Waals surface area contributed by atoms with Crippen molar-refractivity contribution < 1.29 is 28.6 Å². The maximum Gasteiger partial charge on any atom is 0.306 e. The van der Waals surface area contributed by atoms with E-state index in [0.29, 0.717) is 19.3 Å². The van der Waals surface area contributed by atoms with Crippen molar-refractivity contribution >= 4 is 17.9 Å². The van der Waals surface area contributed by atoms with Crippen LogP contribution < -0.4 is 0 Å². The lowest BCUT2D eigenvalue weighted by Gasteiger charge is -2.18. The molecule has 0 aromatic rings. The Labute approximate surface area is 407 Å². The molecule has 0 saturated heterocycles. The van der Waals surface area contributed by atoms with Gasteiger partial charge in [-0.3, -0.25) is 14.4 Å². The van der Waals surface area contributed by atoms with Gasteiger partial charge in [0.2, 0.25) is 0 Å². The zero-order valence-corrected chi connectivity index (χ0v) is 43.2. The Balaban J connectivity index is 4.42. The van der Waals surface area contributed by atoms with Gasteiger partial charge in [-0.15, -0.1) is 0 Å². The Kier molecular flexibility index (Phi) is 51.4. The molecule has 378 valence electrons. The number of unbranched alkanes of at least 4 members (excludes halogenated alkanes) is 24. The molecule has 0 aromatic carbocycles. The molecule has 0 bridgehead atoms. The first-order valence-electron chi connectivity index (χ1n) is 27.6. The number of allylic oxidation sites excluding steroid dienone is 14. The van der Waals surface area contributed by atoms with Gasteiger partial charge in [0.05, 0.1) is 0 Å². The summed E-state index contributed by atoms with van der Waals surface area (Å²) in [5, 5.41) is 0. The van der Waals surface area contributed by atoms with Crippen molar-refractivity contribution in [1.82, 2.24) is 0 Å². The van der Waals surface area contributed by atoms with E-state index in [1.165, 1.54) is 103 Å². The van der Waals surface area contributed by atoms with Crippen molar-refractivity contribution in [2.75, 3.05) is 13.2 Å². The smallest absolute Gasteiger partial charge is 0.306 e. The Morgan fingerprint density at radius 2 is 0.591 bits per heavy atom. The summed E-state index contributed by atoms with van der Waals surface area (Å²) < 4.78 is 16.8. The zero-order valence-electron chi connectivity index (χ0n) is 43.2. The van der Waals surface area contributed by atoms with Gasteiger partial charge in [0, 0.05) is 19.3 Å². The summed E-state index contributed by atoms with van der Waals surface area (Å²) in [6.45, 7) is 6.39. The van der Waals surface area contributed by atoms with Crippen LogP contribution >= 0.6 is 0 Å². The monoisotopic (exact) mass is 919 g/mol. The maximum absolute atomic E-state index is 12.8. The third-order valence-corrected chi connectivity index (χ3v) is 11.6. The Bertz CT molecular complexity index is 1290. The highest BCUT2D eigenvalue weighted by Crippen LogP contribution is 2.14. The highest BCUT2D eigenvalue weighted by atomic mass is 16.6. The largest absolute Gasteiger partial charge is 0.462 e. The normalized spacial score (nSPS) is 12.7.